The number of hydrogen-bond acceptors (Lipinski definition) is 4. The Bertz CT molecular complexity index is 748. The molecule has 3 atom stereocenters. The van der Waals surface area contributed by atoms with E-state index in [0.717, 1.165) is 23.3 Å². The van der Waals surface area contributed by atoms with Gasteiger partial charge in [0.1, 0.15) is 0 Å². The quantitative estimate of drug-likeness (QED) is 0.879. The van der Waals surface area contributed by atoms with Crippen molar-refractivity contribution in [2.45, 2.75) is 31.7 Å². The molecule has 118 valence electrons. The fourth-order valence-electron chi connectivity index (χ4n) is 3.39. The molecule has 3 unspecified atom stereocenters. The van der Waals surface area contributed by atoms with E-state index in [1.165, 1.54) is 11.1 Å². The van der Waals surface area contributed by atoms with Crippen molar-refractivity contribution in [3.05, 3.63) is 58.0 Å². The highest BCUT2D eigenvalue weighted by Gasteiger charge is 2.38. The van der Waals surface area contributed by atoms with E-state index in [1.54, 1.807) is 11.8 Å². The van der Waals surface area contributed by atoms with Gasteiger partial charge >= 0.3 is 0 Å². The largest absolute Gasteiger partial charge is 0.339 e. The lowest BCUT2D eigenvalue weighted by atomic mass is 9.87. The van der Waals surface area contributed by atoms with Gasteiger partial charge in [-0.05, 0) is 30.4 Å². The summed E-state index contributed by atoms with van der Waals surface area (Å²) in [7, 11) is 0. The van der Waals surface area contributed by atoms with Crippen molar-refractivity contribution < 1.29 is 4.79 Å². The van der Waals surface area contributed by atoms with Crippen LogP contribution in [0.4, 0.5) is 0 Å². The summed E-state index contributed by atoms with van der Waals surface area (Å²) >= 11 is 1.67. The van der Waals surface area contributed by atoms with Gasteiger partial charge in [0.2, 0.25) is 0 Å². The first kappa shape index (κ1) is 14.6. The van der Waals surface area contributed by atoms with E-state index in [9.17, 15) is 4.79 Å². The molecule has 0 radical (unpaired) electrons. The molecule has 2 N–H and O–H groups in total. The summed E-state index contributed by atoms with van der Waals surface area (Å²) in [5.41, 5.74) is 8.41. The maximum atomic E-state index is 12.5. The number of thioether (sulfide) groups is 1. The van der Waals surface area contributed by atoms with Gasteiger partial charge in [0.15, 0.2) is 0 Å². The van der Waals surface area contributed by atoms with Crippen LogP contribution in [0, 0.1) is 12.8 Å². The van der Waals surface area contributed by atoms with Gasteiger partial charge < -0.3 is 10.7 Å². The lowest BCUT2D eigenvalue weighted by Gasteiger charge is -2.28. The minimum atomic E-state index is 0.00468. The van der Waals surface area contributed by atoms with Gasteiger partial charge in [-0.15, -0.1) is 11.8 Å². The zero-order chi connectivity index (χ0) is 16.0. The van der Waals surface area contributed by atoms with Crippen LogP contribution in [-0.4, -0.2) is 17.0 Å². The first-order valence-electron chi connectivity index (χ1n) is 7.86. The number of hydrazone groups is 1. The summed E-state index contributed by atoms with van der Waals surface area (Å²) in [6, 6.07) is 8.61. The molecule has 0 aliphatic carbocycles. The standard InChI is InChI=1S/C18H19N3OS/c1-10-3-5-12(6-4-10)14-9-15(21-20-14)16-11(2)13-7-8-23-18(13)19-17(16)22/h3-8,13-14,18,20H,9H2,1-2H3,(H,19,22). The van der Waals surface area contributed by atoms with E-state index in [1.807, 2.05) is 0 Å². The van der Waals surface area contributed by atoms with Crippen LogP contribution < -0.4 is 10.7 Å². The van der Waals surface area contributed by atoms with Crippen LogP contribution in [-0.2, 0) is 4.79 Å². The molecule has 4 nitrogen and oxygen atoms in total. The fraction of sp³-hybridized carbons (Fsp3) is 0.333. The second-order valence-electron chi connectivity index (χ2n) is 6.30. The van der Waals surface area contributed by atoms with Crippen molar-refractivity contribution in [3.63, 3.8) is 0 Å². The van der Waals surface area contributed by atoms with Crippen molar-refractivity contribution in [2.24, 2.45) is 11.0 Å². The molecule has 0 spiro atoms. The molecule has 0 fully saturated rings. The van der Waals surface area contributed by atoms with E-state index in [-0.39, 0.29) is 23.2 Å². The normalized spacial score (nSPS) is 29.2. The second kappa shape index (κ2) is 5.57. The number of carbonyl (C=O) groups is 1. The van der Waals surface area contributed by atoms with Gasteiger partial charge in [0.05, 0.1) is 22.7 Å². The summed E-state index contributed by atoms with van der Waals surface area (Å²) in [6.07, 6.45) is 2.92. The van der Waals surface area contributed by atoms with E-state index in [2.05, 4.69) is 65.4 Å². The highest BCUT2D eigenvalue weighted by molar-refractivity contribution is 8.03. The Labute approximate surface area is 140 Å². The smallest absolute Gasteiger partial charge is 0.254 e. The zero-order valence-electron chi connectivity index (χ0n) is 13.2. The van der Waals surface area contributed by atoms with E-state index in [4.69, 9.17) is 0 Å². The average molecular weight is 325 g/mol. The van der Waals surface area contributed by atoms with Gasteiger partial charge in [0, 0.05) is 12.3 Å². The minimum Gasteiger partial charge on any atom is -0.339 e. The highest BCUT2D eigenvalue weighted by Crippen LogP contribution is 2.38. The maximum absolute atomic E-state index is 12.5. The summed E-state index contributed by atoms with van der Waals surface area (Å²) in [5.74, 6) is 0.291. The number of nitrogens with zero attached hydrogens (tertiary/aromatic N) is 1. The van der Waals surface area contributed by atoms with Crippen molar-refractivity contribution in [2.75, 3.05) is 0 Å². The number of carbonyl (C=O) groups excluding carboxylic acids is 1. The van der Waals surface area contributed by atoms with Gasteiger partial charge in [-0.2, -0.15) is 5.10 Å². The number of fused-ring (bicyclic) bond motifs is 1. The number of nitrogens with one attached hydrogen (secondary N) is 2. The lowest BCUT2D eigenvalue weighted by Crippen LogP contribution is -2.43. The van der Waals surface area contributed by atoms with Crippen molar-refractivity contribution in [1.82, 2.24) is 10.7 Å². The molecule has 3 aliphatic heterocycles. The highest BCUT2D eigenvalue weighted by atomic mass is 32.2. The predicted molar refractivity (Wildman–Crippen MR) is 94.0 cm³/mol. The molecule has 4 rings (SSSR count). The molecular formula is C18H19N3OS. The van der Waals surface area contributed by atoms with Crippen LogP contribution in [0.2, 0.25) is 0 Å². The van der Waals surface area contributed by atoms with Crippen LogP contribution in [0.3, 0.4) is 0 Å². The Kier molecular flexibility index (Phi) is 3.53. The molecule has 0 saturated heterocycles. The third-order valence-corrected chi connectivity index (χ3v) is 5.77. The monoisotopic (exact) mass is 325 g/mol. The molecule has 0 saturated carbocycles. The number of benzene rings is 1. The van der Waals surface area contributed by atoms with Crippen molar-refractivity contribution >= 4 is 23.4 Å². The van der Waals surface area contributed by atoms with Gasteiger partial charge in [-0.25, -0.2) is 0 Å². The zero-order valence-corrected chi connectivity index (χ0v) is 14.0. The van der Waals surface area contributed by atoms with E-state index < -0.39 is 0 Å². The van der Waals surface area contributed by atoms with Gasteiger partial charge in [-0.1, -0.05) is 35.9 Å². The Morgan fingerprint density at radius 1 is 1.22 bits per heavy atom. The Morgan fingerprint density at radius 3 is 2.78 bits per heavy atom. The van der Waals surface area contributed by atoms with E-state index in [0.29, 0.717) is 0 Å². The van der Waals surface area contributed by atoms with Crippen molar-refractivity contribution in [3.8, 4) is 0 Å². The van der Waals surface area contributed by atoms with Gasteiger partial charge in [0.25, 0.3) is 5.91 Å². The number of amides is 1. The predicted octanol–water partition coefficient (Wildman–Crippen LogP) is 3.03. The minimum absolute atomic E-state index is 0.00468. The number of hydrogen-bond donors (Lipinski definition) is 2. The van der Waals surface area contributed by atoms with Crippen LogP contribution in [0.15, 0.2) is 52.0 Å². The van der Waals surface area contributed by atoms with Crippen LogP contribution in [0.1, 0.15) is 30.5 Å². The first-order chi connectivity index (χ1) is 11.1. The summed E-state index contributed by atoms with van der Waals surface area (Å²) in [6.45, 7) is 4.14. The number of rotatable bonds is 2. The summed E-state index contributed by atoms with van der Waals surface area (Å²) in [4.78, 5) is 12.5. The molecule has 5 heteroatoms. The molecule has 0 bridgehead atoms. The number of aryl methyl sites for hydroxylation is 1. The Morgan fingerprint density at radius 2 is 2.00 bits per heavy atom. The van der Waals surface area contributed by atoms with Crippen LogP contribution >= 0.6 is 11.8 Å². The summed E-state index contributed by atoms with van der Waals surface area (Å²) in [5, 5.41) is 9.79. The Balaban J connectivity index is 1.59. The molecule has 3 heterocycles. The average Bonchev–Trinajstić information content (AvgIpc) is 3.17. The lowest BCUT2D eigenvalue weighted by molar-refractivity contribution is -0.117. The molecule has 1 amide bonds. The van der Waals surface area contributed by atoms with Crippen molar-refractivity contribution in [1.29, 1.82) is 0 Å². The SMILES string of the molecule is CC1=C(C2=NNC(c3ccc(C)cc3)C2)C(=O)NC2SC=CC12. The second-order valence-corrected chi connectivity index (χ2v) is 7.35. The fourth-order valence-corrected chi connectivity index (χ4v) is 4.46. The summed E-state index contributed by atoms with van der Waals surface area (Å²) < 4.78 is 0. The maximum Gasteiger partial charge on any atom is 0.254 e. The third kappa shape index (κ3) is 2.49. The molecule has 1 aromatic rings. The Hall–Kier alpha value is -2.01. The molecule has 1 aromatic carbocycles. The molecule has 3 aliphatic rings. The molecular weight excluding hydrogens is 306 g/mol. The molecule has 23 heavy (non-hydrogen) atoms. The van der Waals surface area contributed by atoms with E-state index >= 15 is 0 Å². The van der Waals surface area contributed by atoms with Crippen LogP contribution in [0.25, 0.3) is 0 Å². The molecule has 0 aromatic heterocycles. The van der Waals surface area contributed by atoms with Crippen LogP contribution in [0.5, 0.6) is 0 Å². The van der Waals surface area contributed by atoms with Gasteiger partial charge in [-0.3, -0.25) is 4.79 Å². The topological polar surface area (TPSA) is 53.5 Å². The third-order valence-electron chi connectivity index (χ3n) is 4.75. The first-order valence-corrected chi connectivity index (χ1v) is 8.80.